The molecule has 4 heterocycles. The molecule has 0 saturated carbocycles. The van der Waals surface area contributed by atoms with E-state index in [1.54, 1.807) is 46.1 Å². The van der Waals surface area contributed by atoms with Crippen molar-refractivity contribution in [3.63, 3.8) is 0 Å². The monoisotopic (exact) mass is 682 g/mol. The summed E-state index contributed by atoms with van der Waals surface area (Å²) in [5, 5.41) is 6.44. The number of hydrogen-bond acceptors (Lipinski definition) is 8. The second kappa shape index (κ2) is 13.5. The van der Waals surface area contributed by atoms with Gasteiger partial charge >= 0.3 is 6.09 Å². The van der Waals surface area contributed by atoms with Crippen molar-refractivity contribution in [3.8, 4) is 11.5 Å². The highest BCUT2D eigenvalue weighted by Gasteiger charge is 2.45. The molecule has 3 aliphatic rings. The number of aryl methyl sites for hydroxylation is 1. The largest absolute Gasteiger partial charge is 0.496 e. The van der Waals surface area contributed by atoms with E-state index in [4.69, 9.17) is 19.2 Å². The Morgan fingerprint density at radius 3 is 2.46 bits per heavy atom. The molecule has 1 unspecified atom stereocenters. The number of benzene rings is 2. The minimum absolute atomic E-state index is 0.112. The molecule has 13 nitrogen and oxygen atoms in total. The highest BCUT2D eigenvalue weighted by Crippen LogP contribution is 2.40. The number of likely N-dealkylation sites (tertiary alicyclic amines) is 1. The Labute approximate surface area is 291 Å². The summed E-state index contributed by atoms with van der Waals surface area (Å²) in [7, 11) is 7.10. The first kappa shape index (κ1) is 34.4. The van der Waals surface area contributed by atoms with Gasteiger partial charge in [0.15, 0.2) is 5.70 Å². The maximum atomic E-state index is 13.5. The van der Waals surface area contributed by atoms with Crippen LogP contribution in [0, 0.1) is 5.92 Å². The van der Waals surface area contributed by atoms with Crippen molar-refractivity contribution in [2.24, 2.45) is 23.0 Å². The fourth-order valence-corrected chi connectivity index (χ4v) is 6.71. The molecule has 2 aromatic carbocycles. The predicted octanol–water partition coefficient (Wildman–Crippen LogP) is 5.19. The molecular formula is C37H44N7O6+. The quantitative estimate of drug-likeness (QED) is 0.314. The molecule has 1 saturated heterocycles. The van der Waals surface area contributed by atoms with Crippen LogP contribution in [-0.4, -0.2) is 90.4 Å². The molecular weight excluding hydrogens is 638 g/mol. The Morgan fingerprint density at radius 1 is 1.02 bits per heavy atom. The highest BCUT2D eigenvalue weighted by molar-refractivity contribution is 6.08. The third kappa shape index (κ3) is 6.60. The van der Waals surface area contributed by atoms with Gasteiger partial charge in [0.05, 0.1) is 50.4 Å². The van der Waals surface area contributed by atoms with Crippen LogP contribution in [0.5, 0.6) is 11.5 Å². The molecule has 1 atom stereocenters. The number of carbonyl (C=O) groups is 3. The normalized spacial score (nSPS) is 18.9. The molecule has 0 aliphatic carbocycles. The number of hydrogen-bond donors (Lipinski definition) is 2. The third-order valence-electron chi connectivity index (χ3n) is 9.30. The van der Waals surface area contributed by atoms with Gasteiger partial charge in [0.1, 0.15) is 41.2 Å². The maximum absolute atomic E-state index is 13.5. The first-order valence-corrected chi connectivity index (χ1v) is 16.6. The van der Waals surface area contributed by atoms with Crippen molar-refractivity contribution < 1.29 is 33.1 Å². The first-order chi connectivity index (χ1) is 23.8. The summed E-state index contributed by atoms with van der Waals surface area (Å²) < 4.78 is 18.7. The maximum Gasteiger partial charge on any atom is 0.408 e. The van der Waals surface area contributed by atoms with Gasteiger partial charge in [-0.15, -0.1) is 0 Å². The molecule has 1 aromatic heterocycles. The Hall–Kier alpha value is -5.43. The average molecular weight is 683 g/mol. The van der Waals surface area contributed by atoms with Crippen molar-refractivity contribution in [2.75, 3.05) is 46.2 Å². The lowest BCUT2D eigenvalue weighted by Crippen LogP contribution is -2.45. The van der Waals surface area contributed by atoms with E-state index in [-0.39, 0.29) is 24.3 Å². The predicted molar refractivity (Wildman–Crippen MR) is 191 cm³/mol. The molecule has 1 fully saturated rings. The number of ether oxygens (including phenoxy) is 3. The minimum Gasteiger partial charge on any atom is -0.496 e. The number of amidine groups is 1. The second-order valence-corrected chi connectivity index (χ2v) is 13.7. The molecule has 13 heteroatoms. The summed E-state index contributed by atoms with van der Waals surface area (Å²) in [5.74, 6) is 1.68. The fraction of sp³-hybridized carbons (Fsp3) is 0.378. The molecule has 3 amide bonds. The van der Waals surface area contributed by atoms with Crippen molar-refractivity contribution in [1.82, 2.24) is 14.8 Å². The van der Waals surface area contributed by atoms with E-state index < -0.39 is 11.7 Å². The van der Waals surface area contributed by atoms with Crippen LogP contribution in [0.25, 0.3) is 10.9 Å². The van der Waals surface area contributed by atoms with Crippen molar-refractivity contribution in [1.29, 1.82) is 0 Å². The molecule has 0 spiro atoms. The number of nitrogens with zero attached hydrogens (tertiary/aromatic N) is 5. The molecule has 6 rings (SSSR count). The second-order valence-electron chi connectivity index (χ2n) is 13.7. The van der Waals surface area contributed by atoms with E-state index in [2.05, 4.69) is 22.7 Å². The van der Waals surface area contributed by atoms with E-state index in [0.717, 1.165) is 46.5 Å². The van der Waals surface area contributed by atoms with Gasteiger partial charge in [-0.2, -0.15) is 4.99 Å². The lowest BCUT2D eigenvalue weighted by molar-refractivity contribution is -0.713. The van der Waals surface area contributed by atoms with E-state index in [1.807, 2.05) is 66.5 Å². The number of anilines is 1. The van der Waals surface area contributed by atoms with Gasteiger partial charge in [-0.05, 0) is 70.0 Å². The fourth-order valence-electron chi connectivity index (χ4n) is 6.71. The molecule has 3 aromatic rings. The van der Waals surface area contributed by atoms with Crippen LogP contribution in [0.3, 0.4) is 0 Å². The number of nitrogens with one attached hydrogen (secondary N) is 2. The van der Waals surface area contributed by atoms with Gasteiger partial charge in [-0.25, -0.2) is 9.28 Å². The topological polar surface area (TPSA) is 136 Å². The lowest BCUT2D eigenvalue weighted by Gasteiger charge is -2.32. The standard InChI is InChI=1S/C37H43N7O6/c1-37(2,3)50-36(47)39-22-32(45)43-16-13-23(14-17-43)33-29-21-38-15-18-44(29,5)34(41-33)24-11-12-26(31(19-24)49-7)40-35(46)28-20-25-27(42(28)4)9-8-10-30(25)48-6/h8-12,15,18-21,23H,13-14,16-17,22H2,1-7H3,(H-,38,39,40,41,46,47)/p+1. The highest BCUT2D eigenvalue weighted by atomic mass is 16.6. The molecule has 2 N–H and O–H groups in total. The minimum atomic E-state index is -0.637. The Morgan fingerprint density at radius 2 is 1.76 bits per heavy atom. The van der Waals surface area contributed by atoms with Crippen LogP contribution in [0.1, 0.15) is 49.7 Å². The molecule has 0 radical (unpaired) electrons. The average Bonchev–Trinajstić information content (AvgIpc) is 3.60. The van der Waals surface area contributed by atoms with Crippen LogP contribution in [0.15, 0.2) is 76.2 Å². The van der Waals surface area contributed by atoms with E-state index in [0.29, 0.717) is 40.5 Å². The number of allylic oxidation sites excluding steroid dienone is 2. The smallest absolute Gasteiger partial charge is 0.408 e. The number of rotatable bonds is 8. The number of aliphatic imine (C=N–C) groups is 2. The van der Waals surface area contributed by atoms with Gasteiger partial charge in [0.25, 0.3) is 5.91 Å². The van der Waals surface area contributed by atoms with Crippen molar-refractivity contribution >= 4 is 46.5 Å². The molecule has 262 valence electrons. The van der Waals surface area contributed by atoms with E-state index in [9.17, 15) is 14.4 Å². The zero-order valence-corrected chi connectivity index (χ0v) is 29.6. The molecule has 50 heavy (non-hydrogen) atoms. The summed E-state index contributed by atoms with van der Waals surface area (Å²) in [4.78, 5) is 49.9. The van der Waals surface area contributed by atoms with Gasteiger partial charge in [-0.1, -0.05) is 6.07 Å². The number of carbonyl (C=O) groups excluding carboxylic acids is 3. The van der Waals surface area contributed by atoms with Crippen LogP contribution in [-0.2, 0) is 16.6 Å². The van der Waals surface area contributed by atoms with Crippen LogP contribution in [0.2, 0.25) is 0 Å². The summed E-state index contributed by atoms with van der Waals surface area (Å²) in [5.41, 5.74) is 4.02. The number of quaternary nitrogens is 1. The SMILES string of the molecule is COc1cc(C2=NC(C3CCN(C(=O)CNC(=O)OC(C)(C)C)CC3)=C3C=NC=C[N+]23C)ccc1NC(=O)c1cc2c(OC)cccc2n1C. The Bertz CT molecular complexity index is 1980. The lowest BCUT2D eigenvalue weighted by atomic mass is 9.92. The summed E-state index contributed by atoms with van der Waals surface area (Å²) >= 11 is 0. The van der Waals surface area contributed by atoms with E-state index in [1.165, 1.54) is 0 Å². The number of amides is 3. The molecule has 3 aliphatic heterocycles. The summed E-state index contributed by atoms with van der Waals surface area (Å²) in [6.45, 7) is 6.31. The first-order valence-electron chi connectivity index (χ1n) is 16.6. The number of alkyl carbamates (subject to hydrolysis) is 1. The summed E-state index contributed by atoms with van der Waals surface area (Å²) in [6, 6.07) is 13.2. The molecule has 0 bridgehead atoms. The van der Waals surface area contributed by atoms with Gasteiger partial charge < -0.3 is 34.3 Å². The Balaban J connectivity index is 1.18. The zero-order valence-electron chi connectivity index (χ0n) is 29.6. The number of aromatic nitrogens is 1. The van der Waals surface area contributed by atoms with Crippen LogP contribution >= 0.6 is 0 Å². The van der Waals surface area contributed by atoms with Crippen LogP contribution in [0.4, 0.5) is 10.5 Å². The zero-order chi connectivity index (χ0) is 35.8. The number of piperidine rings is 1. The van der Waals surface area contributed by atoms with Gasteiger partial charge in [-0.3, -0.25) is 14.6 Å². The summed E-state index contributed by atoms with van der Waals surface area (Å²) in [6.07, 6.45) is 6.46. The van der Waals surface area contributed by atoms with Crippen molar-refractivity contribution in [3.05, 3.63) is 77.5 Å². The van der Waals surface area contributed by atoms with E-state index >= 15 is 0 Å². The number of fused-ring (bicyclic) bond motifs is 2. The third-order valence-corrected chi connectivity index (χ3v) is 9.30. The van der Waals surface area contributed by atoms with Crippen molar-refractivity contribution in [2.45, 2.75) is 39.2 Å². The van der Waals surface area contributed by atoms with Crippen LogP contribution < -0.4 is 20.1 Å². The van der Waals surface area contributed by atoms with Gasteiger partial charge in [0.2, 0.25) is 11.7 Å². The van der Waals surface area contributed by atoms with Gasteiger partial charge in [0, 0.05) is 31.4 Å². The number of methoxy groups -OCH3 is 2. The Kier molecular flexibility index (Phi) is 9.27.